The molecule has 1 saturated heterocycles. The number of rotatable bonds is 4. The van der Waals surface area contributed by atoms with Gasteiger partial charge in [0.1, 0.15) is 10.0 Å². The molecule has 6 heteroatoms. The van der Waals surface area contributed by atoms with E-state index < -0.39 is 10.0 Å². The highest BCUT2D eigenvalue weighted by molar-refractivity contribution is 7.89. The molecule has 1 aromatic rings. The molecule has 4 nitrogen and oxygen atoms in total. The fourth-order valence-corrected chi connectivity index (χ4v) is 4.20. The lowest BCUT2D eigenvalue weighted by Gasteiger charge is -2.26. The number of sulfonamides is 1. The van der Waals surface area contributed by atoms with E-state index in [-0.39, 0.29) is 10.3 Å². The van der Waals surface area contributed by atoms with E-state index in [2.05, 4.69) is 18.8 Å². The van der Waals surface area contributed by atoms with Crippen LogP contribution in [0.2, 0.25) is 5.15 Å². The van der Waals surface area contributed by atoms with Crippen LogP contribution < -0.4 is 0 Å². The Morgan fingerprint density at radius 3 is 2.53 bits per heavy atom. The summed E-state index contributed by atoms with van der Waals surface area (Å²) in [5.74, 6) is 0. The van der Waals surface area contributed by atoms with Gasteiger partial charge in [0, 0.05) is 19.3 Å². The minimum atomic E-state index is -3.43. The Kier molecular flexibility index (Phi) is 4.18. The molecule has 0 N–H and O–H groups in total. The van der Waals surface area contributed by atoms with Crippen molar-refractivity contribution in [2.24, 2.45) is 5.41 Å². The van der Waals surface area contributed by atoms with Gasteiger partial charge in [-0.15, -0.1) is 0 Å². The topological polar surface area (TPSA) is 50.3 Å². The second-order valence-electron chi connectivity index (χ2n) is 5.11. The molecule has 0 atom stereocenters. The van der Waals surface area contributed by atoms with Crippen molar-refractivity contribution >= 4 is 21.6 Å². The summed E-state index contributed by atoms with van der Waals surface area (Å²) in [5.41, 5.74) is 0.132. The number of pyridine rings is 1. The monoisotopic (exact) mass is 302 g/mol. The quantitative estimate of drug-likeness (QED) is 0.804. The largest absolute Gasteiger partial charge is 0.244 e. The highest BCUT2D eigenvalue weighted by atomic mass is 35.5. The molecule has 19 heavy (non-hydrogen) atoms. The molecule has 2 heterocycles. The van der Waals surface area contributed by atoms with Crippen LogP contribution in [-0.4, -0.2) is 30.8 Å². The van der Waals surface area contributed by atoms with E-state index >= 15 is 0 Å². The summed E-state index contributed by atoms with van der Waals surface area (Å²) in [6, 6.07) is 3.03. The van der Waals surface area contributed by atoms with Crippen LogP contribution in [-0.2, 0) is 10.0 Å². The first-order valence-electron chi connectivity index (χ1n) is 6.55. The van der Waals surface area contributed by atoms with E-state index in [1.807, 2.05) is 0 Å². The zero-order valence-electron chi connectivity index (χ0n) is 11.3. The fraction of sp³-hybridized carbons (Fsp3) is 0.615. The van der Waals surface area contributed by atoms with Crippen LogP contribution >= 0.6 is 11.6 Å². The Balaban J connectivity index is 2.25. The molecule has 0 bridgehead atoms. The smallest absolute Gasteiger partial charge is 0.243 e. The molecule has 2 rings (SSSR count). The summed E-state index contributed by atoms with van der Waals surface area (Å²) in [6.07, 6.45) is 4.28. The maximum absolute atomic E-state index is 12.5. The van der Waals surface area contributed by atoms with Gasteiger partial charge in [-0.25, -0.2) is 13.4 Å². The minimum absolute atomic E-state index is 0.132. The van der Waals surface area contributed by atoms with E-state index in [0.29, 0.717) is 18.2 Å². The predicted octanol–water partition coefficient (Wildman–Crippen LogP) is 2.94. The highest BCUT2D eigenvalue weighted by Crippen LogP contribution is 2.39. The van der Waals surface area contributed by atoms with Crippen molar-refractivity contribution in [3.8, 4) is 0 Å². The van der Waals surface area contributed by atoms with Gasteiger partial charge >= 0.3 is 0 Å². The number of hydrogen-bond donors (Lipinski definition) is 0. The zero-order chi connectivity index (χ0) is 14.1. The average molecular weight is 303 g/mol. The fourth-order valence-electron chi connectivity index (χ4n) is 2.59. The third-order valence-corrected chi connectivity index (χ3v) is 6.29. The van der Waals surface area contributed by atoms with E-state index in [1.54, 1.807) is 4.31 Å². The molecule has 106 valence electrons. The van der Waals surface area contributed by atoms with Gasteiger partial charge in [-0.1, -0.05) is 25.4 Å². The summed E-state index contributed by atoms with van der Waals surface area (Å²) in [4.78, 5) is 4.08. The first-order chi connectivity index (χ1) is 8.93. The lowest BCUT2D eigenvalue weighted by Crippen LogP contribution is -2.31. The predicted molar refractivity (Wildman–Crippen MR) is 75.6 cm³/mol. The lowest BCUT2D eigenvalue weighted by molar-refractivity contribution is 0.279. The second kappa shape index (κ2) is 5.38. The van der Waals surface area contributed by atoms with Gasteiger partial charge in [0.05, 0.1) is 0 Å². The number of nitrogens with zero attached hydrogens (tertiary/aromatic N) is 2. The van der Waals surface area contributed by atoms with Crippen molar-refractivity contribution in [1.29, 1.82) is 0 Å². The molecule has 0 unspecified atom stereocenters. The van der Waals surface area contributed by atoms with Crippen LogP contribution in [0.5, 0.6) is 0 Å². The molecule has 0 aromatic carbocycles. The summed E-state index contributed by atoms with van der Waals surface area (Å²) in [7, 11) is -3.43. The number of aromatic nitrogens is 1. The van der Waals surface area contributed by atoms with E-state index in [4.69, 9.17) is 11.6 Å². The first-order valence-corrected chi connectivity index (χ1v) is 8.37. The van der Waals surface area contributed by atoms with Crippen LogP contribution in [0.3, 0.4) is 0 Å². The first kappa shape index (κ1) is 14.8. The van der Waals surface area contributed by atoms with Crippen molar-refractivity contribution in [2.75, 3.05) is 13.1 Å². The maximum Gasteiger partial charge on any atom is 0.244 e. The molecule has 0 aliphatic carbocycles. The Morgan fingerprint density at radius 2 is 2.05 bits per heavy atom. The summed E-state index contributed by atoms with van der Waals surface area (Å²) < 4.78 is 26.6. The van der Waals surface area contributed by atoms with Crippen LogP contribution in [0.15, 0.2) is 23.2 Å². The molecule has 0 saturated carbocycles. The van der Waals surface area contributed by atoms with Gasteiger partial charge < -0.3 is 0 Å². The van der Waals surface area contributed by atoms with Crippen molar-refractivity contribution in [3.63, 3.8) is 0 Å². The Morgan fingerprint density at radius 1 is 1.37 bits per heavy atom. The molecule has 0 amide bonds. The van der Waals surface area contributed by atoms with E-state index in [1.165, 1.54) is 18.3 Å². The minimum Gasteiger partial charge on any atom is -0.243 e. The average Bonchev–Trinajstić information content (AvgIpc) is 2.85. The van der Waals surface area contributed by atoms with E-state index in [0.717, 1.165) is 19.3 Å². The zero-order valence-corrected chi connectivity index (χ0v) is 12.8. The van der Waals surface area contributed by atoms with Crippen LogP contribution in [0.4, 0.5) is 0 Å². The SMILES string of the molecule is CCC1(CC)CCN(S(=O)(=O)c2ccc(Cl)nc2)C1. The van der Waals surface area contributed by atoms with Crippen molar-refractivity contribution < 1.29 is 8.42 Å². The highest BCUT2D eigenvalue weighted by Gasteiger charge is 2.40. The molecular weight excluding hydrogens is 284 g/mol. The molecule has 1 aromatic heterocycles. The third kappa shape index (κ3) is 2.78. The van der Waals surface area contributed by atoms with Gasteiger partial charge in [0.15, 0.2) is 0 Å². The number of hydrogen-bond acceptors (Lipinski definition) is 3. The van der Waals surface area contributed by atoms with Gasteiger partial charge in [0.25, 0.3) is 0 Å². The van der Waals surface area contributed by atoms with Crippen molar-refractivity contribution in [3.05, 3.63) is 23.5 Å². The van der Waals surface area contributed by atoms with E-state index in [9.17, 15) is 8.42 Å². The summed E-state index contributed by atoms with van der Waals surface area (Å²) in [6.45, 7) is 5.45. The van der Waals surface area contributed by atoms with Crippen LogP contribution in [0.1, 0.15) is 33.1 Å². The van der Waals surface area contributed by atoms with Crippen LogP contribution in [0, 0.1) is 5.41 Å². The molecule has 0 radical (unpaired) electrons. The Hall–Kier alpha value is -0.650. The van der Waals surface area contributed by atoms with Crippen LogP contribution in [0.25, 0.3) is 0 Å². The molecule has 1 fully saturated rings. The molecule has 1 aliphatic rings. The Labute approximate surface area is 119 Å². The second-order valence-corrected chi connectivity index (χ2v) is 7.44. The third-order valence-electron chi connectivity index (χ3n) is 4.24. The molecular formula is C13H19ClN2O2S. The molecule has 0 spiro atoms. The van der Waals surface area contributed by atoms with Gasteiger partial charge in [-0.3, -0.25) is 0 Å². The summed E-state index contributed by atoms with van der Waals surface area (Å²) in [5, 5.41) is 0.303. The molecule has 1 aliphatic heterocycles. The van der Waals surface area contributed by atoms with Crippen molar-refractivity contribution in [2.45, 2.75) is 38.0 Å². The Bertz CT molecular complexity index is 538. The standard InChI is InChI=1S/C13H19ClN2O2S/c1-3-13(4-2)7-8-16(10-13)19(17,18)11-5-6-12(14)15-9-11/h5-6,9H,3-4,7-8,10H2,1-2H3. The van der Waals surface area contributed by atoms with Gasteiger partial charge in [-0.05, 0) is 36.8 Å². The van der Waals surface area contributed by atoms with Crippen molar-refractivity contribution in [1.82, 2.24) is 9.29 Å². The normalized spacial score (nSPS) is 19.7. The summed E-state index contributed by atoms with van der Waals surface area (Å²) >= 11 is 5.69. The van der Waals surface area contributed by atoms with Gasteiger partial charge in [0.2, 0.25) is 10.0 Å². The maximum atomic E-state index is 12.5. The number of halogens is 1. The lowest BCUT2D eigenvalue weighted by atomic mass is 9.82. The van der Waals surface area contributed by atoms with Gasteiger partial charge in [-0.2, -0.15) is 4.31 Å².